The third kappa shape index (κ3) is 3.27. The van der Waals surface area contributed by atoms with Crippen molar-refractivity contribution < 1.29 is 14.1 Å². The molecule has 0 saturated carbocycles. The van der Waals surface area contributed by atoms with Crippen LogP contribution in [0.15, 0.2) is 4.52 Å². The molecule has 0 radical (unpaired) electrons. The minimum absolute atomic E-state index is 0.0761. The number of rotatable bonds is 4. The number of hydrogen-bond acceptors (Lipinski definition) is 6. The van der Waals surface area contributed by atoms with Crippen LogP contribution in [0, 0.1) is 0 Å². The molecule has 1 atom stereocenters. The SMILES string of the molecule is CCOC(=O)N1CCN(C(C)c2nc(CC)no2)CC1. The van der Waals surface area contributed by atoms with E-state index in [0.29, 0.717) is 25.6 Å². The van der Waals surface area contributed by atoms with Crippen molar-refractivity contribution in [3.63, 3.8) is 0 Å². The van der Waals surface area contributed by atoms with Gasteiger partial charge in [-0.1, -0.05) is 12.1 Å². The highest BCUT2D eigenvalue weighted by Crippen LogP contribution is 2.20. The Balaban J connectivity index is 1.88. The van der Waals surface area contributed by atoms with Gasteiger partial charge < -0.3 is 14.2 Å². The van der Waals surface area contributed by atoms with E-state index in [9.17, 15) is 4.79 Å². The van der Waals surface area contributed by atoms with Gasteiger partial charge in [0.15, 0.2) is 5.82 Å². The fraction of sp³-hybridized carbons (Fsp3) is 0.769. The summed E-state index contributed by atoms with van der Waals surface area (Å²) in [7, 11) is 0. The second-order valence-electron chi connectivity index (χ2n) is 4.80. The van der Waals surface area contributed by atoms with Gasteiger partial charge in [-0.2, -0.15) is 4.98 Å². The van der Waals surface area contributed by atoms with Crippen molar-refractivity contribution in [3.05, 3.63) is 11.7 Å². The van der Waals surface area contributed by atoms with E-state index in [1.54, 1.807) is 4.90 Å². The van der Waals surface area contributed by atoms with Crippen LogP contribution in [0.3, 0.4) is 0 Å². The van der Waals surface area contributed by atoms with E-state index in [-0.39, 0.29) is 12.1 Å². The van der Waals surface area contributed by atoms with E-state index in [1.165, 1.54) is 0 Å². The Hall–Kier alpha value is -1.63. The van der Waals surface area contributed by atoms with Crippen LogP contribution < -0.4 is 0 Å². The molecule has 112 valence electrons. The molecule has 0 bridgehead atoms. The van der Waals surface area contributed by atoms with Gasteiger partial charge in [0.25, 0.3) is 0 Å². The first kappa shape index (κ1) is 14.8. The fourth-order valence-corrected chi connectivity index (χ4v) is 2.24. The molecule has 1 aliphatic heterocycles. The maximum Gasteiger partial charge on any atom is 0.409 e. The molecule has 20 heavy (non-hydrogen) atoms. The molecule has 1 aliphatic rings. The number of carbonyl (C=O) groups is 1. The Kier molecular flexibility index (Phi) is 4.94. The Morgan fingerprint density at radius 1 is 1.35 bits per heavy atom. The third-order valence-electron chi connectivity index (χ3n) is 3.55. The van der Waals surface area contributed by atoms with Gasteiger partial charge in [0, 0.05) is 32.6 Å². The van der Waals surface area contributed by atoms with E-state index in [1.807, 2.05) is 20.8 Å². The van der Waals surface area contributed by atoms with Crippen molar-refractivity contribution in [3.8, 4) is 0 Å². The first-order chi connectivity index (χ1) is 9.65. The number of amides is 1. The summed E-state index contributed by atoms with van der Waals surface area (Å²) < 4.78 is 10.3. The van der Waals surface area contributed by atoms with Gasteiger partial charge in [0.05, 0.1) is 12.6 Å². The molecule has 1 fully saturated rings. The largest absolute Gasteiger partial charge is 0.450 e. The molecule has 0 aromatic carbocycles. The lowest BCUT2D eigenvalue weighted by molar-refractivity contribution is 0.0629. The summed E-state index contributed by atoms with van der Waals surface area (Å²) in [5, 5.41) is 3.92. The van der Waals surface area contributed by atoms with E-state index >= 15 is 0 Å². The number of nitrogens with zero attached hydrogens (tertiary/aromatic N) is 4. The molecule has 1 unspecified atom stereocenters. The highest BCUT2D eigenvalue weighted by molar-refractivity contribution is 5.67. The molecular weight excluding hydrogens is 260 g/mol. The van der Waals surface area contributed by atoms with Crippen molar-refractivity contribution >= 4 is 6.09 Å². The topological polar surface area (TPSA) is 71.7 Å². The van der Waals surface area contributed by atoms with E-state index in [2.05, 4.69) is 15.0 Å². The number of aromatic nitrogens is 2. The summed E-state index contributed by atoms with van der Waals surface area (Å²) in [4.78, 5) is 20.0. The normalized spacial score (nSPS) is 18.1. The smallest absolute Gasteiger partial charge is 0.409 e. The van der Waals surface area contributed by atoms with Crippen molar-refractivity contribution in [2.45, 2.75) is 33.2 Å². The first-order valence-corrected chi connectivity index (χ1v) is 7.13. The Labute approximate surface area is 118 Å². The van der Waals surface area contributed by atoms with E-state index in [0.717, 1.165) is 25.3 Å². The summed E-state index contributed by atoms with van der Waals surface area (Å²) in [6.45, 7) is 9.17. The van der Waals surface area contributed by atoms with Gasteiger partial charge in [-0.05, 0) is 13.8 Å². The monoisotopic (exact) mass is 282 g/mol. The molecule has 0 N–H and O–H groups in total. The molecule has 2 heterocycles. The zero-order valence-electron chi connectivity index (χ0n) is 12.3. The first-order valence-electron chi connectivity index (χ1n) is 7.13. The van der Waals surface area contributed by atoms with Gasteiger partial charge in [-0.3, -0.25) is 4.90 Å². The second kappa shape index (κ2) is 6.69. The Morgan fingerprint density at radius 3 is 2.60 bits per heavy atom. The van der Waals surface area contributed by atoms with Gasteiger partial charge in [0.1, 0.15) is 0 Å². The van der Waals surface area contributed by atoms with E-state index < -0.39 is 0 Å². The number of piperazine rings is 1. The lowest BCUT2D eigenvalue weighted by atomic mass is 10.2. The average molecular weight is 282 g/mol. The Morgan fingerprint density at radius 2 is 2.05 bits per heavy atom. The summed E-state index contributed by atoms with van der Waals surface area (Å²) >= 11 is 0. The van der Waals surface area contributed by atoms with Gasteiger partial charge in [0.2, 0.25) is 5.89 Å². The average Bonchev–Trinajstić information content (AvgIpc) is 2.96. The maximum atomic E-state index is 11.6. The molecule has 7 nitrogen and oxygen atoms in total. The van der Waals surface area contributed by atoms with Gasteiger partial charge in [-0.25, -0.2) is 4.79 Å². The highest BCUT2D eigenvalue weighted by atomic mass is 16.6. The molecule has 0 spiro atoms. The van der Waals surface area contributed by atoms with Crippen LogP contribution in [0.5, 0.6) is 0 Å². The molecule has 0 aliphatic carbocycles. The molecule has 1 aromatic rings. The molecule has 1 aromatic heterocycles. The lowest BCUT2D eigenvalue weighted by Gasteiger charge is -2.36. The summed E-state index contributed by atoms with van der Waals surface area (Å²) in [6.07, 6.45) is 0.540. The van der Waals surface area contributed by atoms with Crippen LogP contribution >= 0.6 is 0 Å². The van der Waals surface area contributed by atoms with Crippen LogP contribution in [-0.4, -0.2) is 58.8 Å². The predicted molar refractivity (Wildman–Crippen MR) is 72.3 cm³/mol. The minimum Gasteiger partial charge on any atom is -0.450 e. The van der Waals surface area contributed by atoms with Crippen LogP contribution in [0.4, 0.5) is 4.79 Å². The van der Waals surface area contributed by atoms with Gasteiger partial charge in [-0.15, -0.1) is 0 Å². The Bertz CT molecular complexity index is 441. The zero-order valence-corrected chi connectivity index (χ0v) is 12.3. The highest BCUT2D eigenvalue weighted by Gasteiger charge is 2.27. The quantitative estimate of drug-likeness (QED) is 0.832. The summed E-state index contributed by atoms with van der Waals surface area (Å²) in [5.74, 6) is 1.38. The molecule has 1 amide bonds. The van der Waals surface area contributed by atoms with E-state index in [4.69, 9.17) is 9.26 Å². The lowest BCUT2D eigenvalue weighted by Crippen LogP contribution is -2.49. The number of aryl methyl sites for hydroxylation is 1. The standard InChI is InChI=1S/C13H22N4O3/c1-4-11-14-12(20-15-11)10(3)16-6-8-17(9-7-16)13(18)19-5-2/h10H,4-9H2,1-3H3. The number of carbonyl (C=O) groups excluding carboxylic acids is 1. The van der Waals surface area contributed by atoms with Crippen LogP contribution in [0.1, 0.15) is 38.5 Å². The van der Waals surface area contributed by atoms with Gasteiger partial charge >= 0.3 is 6.09 Å². The van der Waals surface area contributed by atoms with Crippen molar-refractivity contribution in [1.29, 1.82) is 0 Å². The summed E-state index contributed by atoms with van der Waals surface area (Å²) in [5.41, 5.74) is 0. The fourth-order valence-electron chi connectivity index (χ4n) is 2.24. The third-order valence-corrected chi connectivity index (χ3v) is 3.55. The molecule has 2 rings (SSSR count). The van der Waals surface area contributed by atoms with Crippen LogP contribution in [-0.2, 0) is 11.2 Å². The maximum absolute atomic E-state index is 11.6. The summed E-state index contributed by atoms with van der Waals surface area (Å²) in [6, 6.07) is 0.0761. The zero-order chi connectivity index (χ0) is 14.5. The minimum atomic E-state index is -0.231. The number of hydrogen-bond donors (Lipinski definition) is 0. The second-order valence-corrected chi connectivity index (χ2v) is 4.80. The molecule has 7 heteroatoms. The van der Waals surface area contributed by atoms with Crippen LogP contribution in [0.2, 0.25) is 0 Å². The molecule has 1 saturated heterocycles. The number of ether oxygens (including phenoxy) is 1. The van der Waals surface area contributed by atoms with Crippen molar-refractivity contribution in [2.75, 3.05) is 32.8 Å². The van der Waals surface area contributed by atoms with Crippen LogP contribution in [0.25, 0.3) is 0 Å². The molecular formula is C13H22N4O3. The van der Waals surface area contributed by atoms with Crippen molar-refractivity contribution in [1.82, 2.24) is 19.9 Å². The van der Waals surface area contributed by atoms with Crippen molar-refractivity contribution in [2.24, 2.45) is 0 Å². The predicted octanol–water partition coefficient (Wildman–Crippen LogP) is 1.47.